The molecular weight excluding hydrogens is 430 g/mol. The molecule has 3 aliphatic rings. The number of nitrogens with zero attached hydrogens (tertiary/aromatic N) is 3. The standard InChI is InChI=1S/C27H35N3O4/c1-27(2)19-30(18-23(31)17-28-10-9-20-5-3-4-6-21(20)16-28)26(32)24-8-7-22(15-25(24)34-27)29-11-13-33-14-12-29/h3-8,15,23,31H,9-14,16-19H2,1-2H3/t23-/m1/s1. The number of benzene rings is 2. The van der Waals surface area contributed by atoms with Crippen LogP contribution in [0.2, 0.25) is 0 Å². The maximum Gasteiger partial charge on any atom is 0.257 e. The molecule has 2 aromatic carbocycles. The molecule has 1 fully saturated rings. The number of fused-ring (bicyclic) bond motifs is 2. The van der Waals surface area contributed by atoms with Crippen LogP contribution < -0.4 is 9.64 Å². The second-order valence-corrected chi connectivity index (χ2v) is 10.2. The molecule has 0 saturated carbocycles. The van der Waals surface area contributed by atoms with Crippen molar-refractivity contribution in [2.75, 3.05) is 57.4 Å². The smallest absolute Gasteiger partial charge is 0.257 e. The number of β-amino-alcohol motifs (C(OH)–C–C–N with tert-alkyl or cyclic N) is 1. The van der Waals surface area contributed by atoms with Crippen LogP contribution in [-0.2, 0) is 17.7 Å². The summed E-state index contributed by atoms with van der Waals surface area (Å²) in [7, 11) is 0. The van der Waals surface area contributed by atoms with E-state index in [0.717, 1.165) is 38.3 Å². The van der Waals surface area contributed by atoms with Gasteiger partial charge < -0.3 is 24.4 Å². The number of hydrogen-bond acceptors (Lipinski definition) is 6. The van der Waals surface area contributed by atoms with E-state index >= 15 is 0 Å². The molecule has 3 heterocycles. The van der Waals surface area contributed by atoms with Crippen LogP contribution in [0.5, 0.6) is 5.75 Å². The molecule has 34 heavy (non-hydrogen) atoms. The summed E-state index contributed by atoms with van der Waals surface area (Å²) in [6, 6.07) is 14.3. The lowest BCUT2D eigenvalue weighted by atomic mass is 9.99. The molecule has 0 spiro atoms. The van der Waals surface area contributed by atoms with Crippen LogP contribution in [0.1, 0.15) is 35.3 Å². The Morgan fingerprint density at radius 2 is 1.79 bits per heavy atom. The largest absolute Gasteiger partial charge is 0.485 e. The first-order valence-corrected chi connectivity index (χ1v) is 12.3. The molecule has 7 heteroatoms. The van der Waals surface area contributed by atoms with E-state index in [4.69, 9.17) is 9.47 Å². The highest BCUT2D eigenvalue weighted by Gasteiger charge is 2.35. The predicted molar refractivity (Wildman–Crippen MR) is 132 cm³/mol. The van der Waals surface area contributed by atoms with Crippen molar-refractivity contribution in [1.29, 1.82) is 0 Å². The van der Waals surface area contributed by atoms with Gasteiger partial charge in [-0.25, -0.2) is 0 Å². The van der Waals surface area contributed by atoms with Crippen molar-refractivity contribution < 1.29 is 19.4 Å². The van der Waals surface area contributed by atoms with E-state index in [1.165, 1.54) is 11.1 Å². The molecule has 2 aromatic rings. The third kappa shape index (κ3) is 5.06. The summed E-state index contributed by atoms with van der Waals surface area (Å²) >= 11 is 0. The van der Waals surface area contributed by atoms with Gasteiger partial charge in [0.2, 0.25) is 0 Å². The van der Waals surface area contributed by atoms with Crippen LogP contribution in [0, 0.1) is 0 Å². The van der Waals surface area contributed by atoms with E-state index in [-0.39, 0.29) is 12.5 Å². The molecule has 0 bridgehead atoms. The van der Waals surface area contributed by atoms with E-state index in [1.807, 2.05) is 32.0 Å². The van der Waals surface area contributed by atoms with Crippen molar-refractivity contribution in [1.82, 2.24) is 9.80 Å². The zero-order chi connectivity index (χ0) is 23.7. The fraction of sp³-hybridized carbons (Fsp3) is 0.519. The first-order chi connectivity index (χ1) is 16.4. The van der Waals surface area contributed by atoms with E-state index < -0.39 is 11.7 Å². The number of aliphatic hydroxyl groups excluding tert-OH is 1. The molecule has 0 aliphatic carbocycles. The normalized spacial score (nSPS) is 21.3. The number of aliphatic hydroxyl groups is 1. The first kappa shape index (κ1) is 23.1. The number of carbonyl (C=O) groups is 1. The van der Waals surface area contributed by atoms with Crippen molar-refractivity contribution in [3.8, 4) is 5.75 Å². The Bertz CT molecular complexity index is 1030. The highest BCUT2D eigenvalue weighted by Crippen LogP contribution is 2.33. The second kappa shape index (κ2) is 9.56. The van der Waals surface area contributed by atoms with Gasteiger partial charge in [0.25, 0.3) is 5.91 Å². The minimum absolute atomic E-state index is 0.0860. The van der Waals surface area contributed by atoms with Gasteiger partial charge in [0.05, 0.1) is 31.4 Å². The maximum absolute atomic E-state index is 13.5. The van der Waals surface area contributed by atoms with E-state index in [0.29, 0.717) is 37.6 Å². The summed E-state index contributed by atoms with van der Waals surface area (Å²) in [4.78, 5) is 19.8. The second-order valence-electron chi connectivity index (χ2n) is 10.2. The monoisotopic (exact) mass is 465 g/mol. The predicted octanol–water partition coefficient (Wildman–Crippen LogP) is 2.56. The Hall–Kier alpha value is -2.61. The number of ether oxygens (including phenoxy) is 2. The summed E-state index contributed by atoms with van der Waals surface area (Å²) in [6.07, 6.45) is 0.366. The van der Waals surface area contributed by atoms with Crippen LogP contribution in [0.15, 0.2) is 42.5 Å². The summed E-state index contributed by atoms with van der Waals surface area (Å²) in [5.41, 5.74) is 3.76. The molecule has 182 valence electrons. The van der Waals surface area contributed by atoms with Crippen LogP contribution in [-0.4, -0.2) is 85.0 Å². The van der Waals surface area contributed by atoms with Gasteiger partial charge in [0, 0.05) is 51.0 Å². The summed E-state index contributed by atoms with van der Waals surface area (Å²) < 4.78 is 11.8. The minimum Gasteiger partial charge on any atom is -0.485 e. The fourth-order valence-electron chi connectivity index (χ4n) is 5.29. The van der Waals surface area contributed by atoms with Crippen molar-refractivity contribution in [3.63, 3.8) is 0 Å². The Morgan fingerprint density at radius 1 is 1.03 bits per heavy atom. The van der Waals surface area contributed by atoms with Gasteiger partial charge in [0.1, 0.15) is 11.4 Å². The molecule has 5 rings (SSSR count). The fourth-order valence-corrected chi connectivity index (χ4v) is 5.29. The number of amides is 1. The Labute approximate surface area is 201 Å². The highest BCUT2D eigenvalue weighted by molar-refractivity contribution is 5.98. The molecule has 1 saturated heterocycles. The molecule has 3 aliphatic heterocycles. The van der Waals surface area contributed by atoms with Gasteiger partial charge in [-0.05, 0) is 43.5 Å². The molecule has 0 unspecified atom stereocenters. The molecule has 1 atom stereocenters. The molecule has 1 N–H and O–H groups in total. The molecule has 0 aromatic heterocycles. The minimum atomic E-state index is -0.626. The Morgan fingerprint density at radius 3 is 2.59 bits per heavy atom. The number of hydrogen-bond donors (Lipinski definition) is 1. The number of morpholine rings is 1. The van der Waals surface area contributed by atoms with E-state index in [9.17, 15) is 9.90 Å². The third-order valence-electron chi connectivity index (χ3n) is 6.93. The van der Waals surface area contributed by atoms with Gasteiger partial charge in [-0.2, -0.15) is 0 Å². The molecular formula is C27H35N3O4. The van der Waals surface area contributed by atoms with Gasteiger partial charge in [-0.1, -0.05) is 24.3 Å². The summed E-state index contributed by atoms with van der Waals surface area (Å²) in [5, 5.41) is 10.9. The molecule has 7 nitrogen and oxygen atoms in total. The molecule has 0 radical (unpaired) electrons. The highest BCUT2D eigenvalue weighted by atomic mass is 16.5. The van der Waals surface area contributed by atoms with E-state index in [2.05, 4.69) is 34.1 Å². The Balaban J connectivity index is 1.28. The van der Waals surface area contributed by atoms with Crippen molar-refractivity contribution >= 4 is 11.6 Å². The molecule has 1 amide bonds. The van der Waals surface area contributed by atoms with Crippen molar-refractivity contribution in [3.05, 3.63) is 59.2 Å². The van der Waals surface area contributed by atoms with Crippen molar-refractivity contribution in [2.24, 2.45) is 0 Å². The van der Waals surface area contributed by atoms with Crippen LogP contribution in [0.25, 0.3) is 0 Å². The van der Waals surface area contributed by atoms with Gasteiger partial charge in [-0.3, -0.25) is 9.69 Å². The van der Waals surface area contributed by atoms with Crippen LogP contribution in [0.4, 0.5) is 5.69 Å². The van der Waals surface area contributed by atoms with Crippen LogP contribution >= 0.6 is 0 Å². The maximum atomic E-state index is 13.5. The SMILES string of the molecule is CC1(C)CN(C[C@H](O)CN2CCc3ccccc3C2)C(=O)c2ccc(N3CCOCC3)cc2O1. The third-order valence-corrected chi connectivity index (χ3v) is 6.93. The summed E-state index contributed by atoms with van der Waals surface area (Å²) in [6.45, 7) is 10.1. The van der Waals surface area contributed by atoms with E-state index in [1.54, 1.807) is 4.90 Å². The van der Waals surface area contributed by atoms with Crippen LogP contribution in [0.3, 0.4) is 0 Å². The average Bonchev–Trinajstić information content (AvgIpc) is 2.92. The first-order valence-electron chi connectivity index (χ1n) is 12.3. The Kier molecular flexibility index (Phi) is 6.51. The lowest BCUT2D eigenvalue weighted by molar-refractivity contribution is 0.0287. The lowest BCUT2D eigenvalue weighted by Crippen LogP contribution is -2.48. The van der Waals surface area contributed by atoms with Gasteiger partial charge in [-0.15, -0.1) is 0 Å². The number of anilines is 1. The quantitative estimate of drug-likeness (QED) is 0.732. The zero-order valence-corrected chi connectivity index (χ0v) is 20.2. The zero-order valence-electron chi connectivity index (χ0n) is 20.2. The summed E-state index contributed by atoms with van der Waals surface area (Å²) in [5.74, 6) is 0.528. The lowest BCUT2D eigenvalue weighted by Gasteiger charge is -2.34. The van der Waals surface area contributed by atoms with Gasteiger partial charge >= 0.3 is 0 Å². The number of rotatable bonds is 5. The average molecular weight is 466 g/mol. The number of carbonyl (C=O) groups excluding carboxylic acids is 1. The van der Waals surface area contributed by atoms with Crippen molar-refractivity contribution in [2.45, 2.75) is 38.5 Å². The van der Waals surface area contributed by atoms with Gasteiger partial charge in [0.15, 0.2) is 0 Å². The topological polar surface area (TPSA) is 65.5 Å².